The van der Waals surface area contributed by atoms with Gasteiger partial charge in [0, 0.05) is 25.9 Å². The van der Waals surface area contributed by atoms with E-state index in [4.69, 9.17) is 9.47 Å². The number of rotatable bonds is 5. The smallest absolute Gasteiger partial charge is 0.406 e. The minimum atomic E-state index is -0.497. The Bertz CT molecular complexity index is 367. The zero-order chi connectivity index (χ0) is 12.5. The Labute approximate surface area is 98.9 Å². The molecular weight excluding hydrogens is 224 g/mol. The zero-order valence-corrected chi connectivity index (χ0v) is 9.51. The number of esters is 1. The van der Waals surface area contributed by atoms with E-state index >= 15 is 0 Å². The van der Waals surface area contributed by atoms with E-state index in [2.05, 4.69) is 10.3 Å². The molecule has 0 aliphatic carbocycles. The third-order valence-electron chi connectivity index (χ3n) is 1.86. The largest absolute Gasteiger partial charge is 0.462 e. The first-order chi connectivity index (χ1) is 8.24. The number of ether oxygens (including phenoxy) is 2. The van der Waals surface area contributed by atoms with Gasteiger partial charge in [0.25, 0.3) is 0 Å². The van der Waals surface area contributed by atoms with Crippen molar-refractivity contribution < 1.29 is 19.1 Å². The van der Waals surface area contributed by atoms with Crippen molar-refractivity contribution in [3.8, 4) is 0 Å². The molecule has 0 fully saturated rings. The molecule has 6 nitrogen and oxygen atoms in total. The minimum absolute atomic E-state index is 0.199. The van der Waals surface area contributed by atoms with Crippen molar-refractivity contribution in [3.63, 3.8) is 0 Å². The van der Waals surface area contributed by atoms with Crippen LogP contribution in [0.25, 0.3) is 0 Å². The fourth-order valence-electron chi connectivity index (χ4n) is 1.03. The Kier molecular flexibility index (Phi) is 5.50. The van der Waals surface area contributed by atoms with Crippen LogP contribution < -0.4 is 5.32 Å². The first-order valence-corrected chi connectivity index (χ1v) is 5.15. The summed E-state index contributed by atoms with van der Waals surface area (Å²) in [5.74, 6) is -0.432. The van der Waals surface area contributed by atoms with E-state index < -0.39 is 12.1 Å². The molecule has 0 aliphatic heterocycles. The standard InChI is InChI=1S/C11H14N2O4/c1-12-11(15)17-7-3-6-16-10(14)9-4-2-5-13-8-9/h2,4-5,8H,3,6-7H2,1H3,(H,12,15). The number of carbonyl (C=O) groups is 2. The summed E-state index contributed by atoms with van der Waals surface area (Å²) in [6.07, 6.45) is 2.97. The Balaban J connectivity index is 2.15. The second kappa shape index (κ2) is 7.21. The molecular formula is C11H14N2O4. The molecule has 17 heavy (non-hydrogen) atoms. The highest BCUT2D eigenvalue weighted by Crippen LogP contribution is 1.99. The molecule has 1 N–H and O–H groups in total. The van der Waals surface area contributed by atoms with Crippen LogP contribution in [0.4, 0.5) is 4.79 Å². The van der Waals surface area contributed by atoms with Crippen LogP contribution >= 0.6 is 0 Å². The number of nitrogens with one attached hydrogen (secondary N) is 1. The molecule has 0 aliphatic rings. The molecule has 0 bridgehead atoms. The molecule has 0 spiro atoms. The molecule has 6 heteroatoms. The molecule has 0 atom stereocenters. The van der Waals surface area contributed by atoms with Gasteiger partial charge in [-0.3, -0.25) is 4.98 Å². The van der Waals surface area contributed by atoms with Crippen molar-refractivity contribution in [1.82, 2.24) is 10.3 Å². The SMILES string of the molecule is CNC(=O)OCCCOC(=O)c1cccnc1. The van der Waals surface area contributed by atoms with Crippen LogP contribution in [0.1, 0.15) is 16.8 Å². The van der Waals surface area contributed by atoms with Gasteiger partial charge in [-0.2, -0.15) is 0 Å². The fraction of sp³-hybridized carbons (Fsp3) is 0.364. The maximum absolute atomic E-state index is 11.4. The maximum Gasteiger partial charge on any atom is 0.406 e. The lowest BCUT2D eigenvalue weighted by Crippen LogP contribution is -2.20. The second-order valence-electron chi connectivity index (χ2n) is 3.12. The lowest BCUT2D eigenvalue weighted by atomic mass is 10.3. The van der Waals surface area contributed by atoms with Crippen LogP contribution in [0.15, 0.2) is 24.5 Å². The highest BCUT2D eigenvalue weighted by molar-refractivity contribution is 5.88. The molecule has 0 saturated heterocycles. The van der Waals surface area contributed by atoms with Gasteiger partial charge in [-0.25, -0.2) is 9.59 Å². The molecule has 1 aromatic rings. The van der Waals surface area contributed by atoms with Crippen molar-refractivity contribution in [1.29, 1.82) is 0 Å². The number of amides is 1. The second-order valence-corrected chi connectivity index (χ2v) is 3.12. The van der Waals surface area contributed by atoms with Crippen LogP contribution in [-0.4, -0.2) is 37.3 Å². The van der Waals surface area contributed by atoms with Crippen molar-refractivity contribution in [3.05, 3.63) is 30.1 Å². The summed E-state index contributed by atoms with van der Waals surface area (Å²) in [6, 6.07) is 3.28. The van der Waals surface area contributed by atoms with Crippen LogP contribution in [0, 0.1) is 0 Å². The average molecular weight is 238 g/mol. The third-order valence-corrected chi connectivity index (χ3v) is 1.86. The number of hydrogen-bond donors (Lipinski definition) is 1. The van der Waals surface area contributed by atoms with E-state index in [0.29, 0.717) is 12.0 Å². The zero-order valence-electron chi connectivity index (χ0n) is 9.51. The van der Waals surface area contributed by atoms with Crippen molar-refractivity contribution >= 4 is 12.1 Å². The van der Waals surface area contributed by atoms with Crippen molar-refractivity contribution in [2.75, 3.05) is 20.3 Å². The highest BCUT2D eigenvalue weighted by atomic mass is 16.6. The van der Waals surface area contributed by atoms with Gasteiger partial charge in [0.15, 0.2) is 0 Å². The van der Waals surface area contributed by atoms with Crippen molar-refractivity contribution in [2.45, 2.75) is 6.42 Å². The lowest BCUT2D eigenvalue weighted by molar-refractivity contribution is 0.0474. The summed E-state index contributed by atoms with van der Waals surface area (Å²) in [6.45, 7) is 0.407. The van der Waals surface area contributed by atoms with Gasteiger partial charge < -0.3 is 14.8 Å². The van der Waals surface area contributed by atoms with Gasteiger partial charge in [0.05, 0.1) is 18.8 Å². The van der Waals surface area contributed by atoms with Crippen LogP contribution in [0.2, 0.25) is 0 Å². The molecule has 1 amide bonds. The summed E-state index contributed by atoms with van der Waals surface area (Å²) in [5.41, 5.74) is 0.403. The molecule has 0 aromatic carbocycles. The molecule has 1 rings (SSSR count). The molecule has 0 unspecified atom stereocenters. The number of nitrogens with zero attached hydrogens (tertiary/aromatic N) is 1. The Morgan fingerprint density at radius 2 is 2.12 bits per heavy atom. The summed E-state index contributed by atoms with van der Waals surface area (Å²) in [5, 5.41) is 2.31. The first-order valence-electron chi connectivity index (χ1n) is 5.15. The summed E-state index contributed by atoms with van der Waals surface area (Å²) in [4.78, 5) is 25.9. The fourth-order valence-corrected chi connectivity index (χ4v) is 1.03. The van der Waals surface area contributed by atoms with Gasteiger partial charge in [0.2, 0.25) is 0 Å². The minimum Gasteiger partial charge on any atom is -0.462 e. The lowest BCUT2D eigenvalue weighted by Gasteiger charge is -2.05. The monoisotopic (exact) mass is 238 g/mol. The average Bonchev–Trinajstić information content (AvgIpc) is 2.38. The van der Waals surface area contributed by atoms with Gasteiger partial charge in [0.1, 0.15) is 0 Å². The van der Waals surface area contributed by atoms with Crippen LogP contribution in [0.5, 0.6) is 0 Å². The predicted octanol–water partition coefficient (Wildman–Crippen LogP) is 0.985. The number of hydrogen-bond acceptors (Lipinski definition) is 5. The normalized spacial score (nSPS) is 9.47. The van der Waals surface area contributed by atoms with Gasteiger partial charge in [-0.05, 0) is 12.1 Å². The topological polar surface area (TPSA) is 77.5 Å². The molecule has 1 heterocycles. The van der Waals surface area contributed by atoms with Crippen molar-refractivity contribution in [2.24, 2.45) is 0 Å². The molecule has 0 radical (unpaired) electrons. The number of carbonyl (C=O) groups excluding carboxylic acids is 2. The Hall–Kier alpha value is -2.11. The maximum atomic E-state index is 11.4. The van der Waals surface area contributed by atoms with Crippen LogP contribution in [0.3, 0.4) is 0 Å². The summed E-state index contributed by atoms with van der Waals surface area (Å²) < 4.78 is 9.68. The van der Waals surface area contributed by atoms with E-state index in [1.807, 2.05) is 0 Å². The van der Waals surface area contributed by atoms with E-state index in [9.17, 15) is 9.59 Å². The van der Waals surface area contributed by atoms with E-state index in [0.717, 1.165) is 0 Å². The Morgan fingerprint density at radius 3 is 2.76 bits per heavy atom. The van der Waals surface area contributed by atoms with Crippen LogP contribution in [-0.2, 0) is 9.47 Å². The quantitative estimate of drug-likeness (QED) is 0.611. The number of aromatic nitrogens is 1. The summed E-state index contributed by atoms with van der Waals surface area (Å²) >= 11 is 0. The van der Waals surface area contributed by atoms with E-state index in [-0.39, 0.29) is 13.2 Å². The number of alkyl carbamates (subject to hydrolysis) is 1. The predicted molar refractivity (Wildman–Crippen MR) is 59.5 cm³/mol. The highest BCUT2D eigenvalue weighted by Gasteiger charge is 2.06. The molecule has 92 valence electrons. The molecule has 1 aromatic heterocycles. The van der Waals surface area contributed by atoms with E-state index in [1.54, 1.807) is 18.3 Å². The first kappa shape index (κ1) is 13.0. The van der Waals surface area contributed by atoms with Gasteiger partial charge in [-0.15, -0.1) is 0 Å². The Morgan fingerprint density at radius 1 is 1.35 bits per heavy atom. The van der Waals surface area contributed by atoms with E-state index in [1.165, 1.54) is 13.2 Å². The molecule has 0 saturated carbocycles. The summed E-state index contributed by atoms with van der Waals surface area (Å²) in [7, 11) is 1.48. The number of pyridine rings is 1. The third kappa shape index (κ3) is 4.96. The van der Waals surface area contributed by atoms with Gasteiger partial charge in [-0.1, -0.05) is 0 Å². The van der Waals surface area contributed by atoms with Gasteiger partial charge >= 0.3 is 12.1 Å².